The summed E-state index contributed by atoms with van der Waals surface area (Å²) in [6, 6.07) is 15.2. The van der Waals surface area contributed by atoms with Gasteiger partial charge in [-0.1, -0.05) is 77.1 Å². The van der Waals surface area contributed by atoms with E-state index >= 15 is 0 Å². The molecule has 1 aliphatic carbocycles. The topological polar surface area (TPSA) is 49.4 Å². The van der Waals surface area contributed by atoms with E-state index in [1.54, 1.807) is 4.90 Å². The predicted molar refractivity (Wildman–Crippen MR) is 137 cm³/mol. The minimum Gasteiger partial charge on any atom is -0.352 e. The molecule has 1 unspecified atom stereocenters. The lowest BCUT2D eigenvalue weighted by molar-refractivity contribution is -0.139. The Labute approximate surface area is 208 Å². The summed E-state index contributed by atoms with van der Waals surface area (Å²) in [6.45, 7) is 2.23. The molecule has 4 nitrogen and oxygen atoms in total. The van der Waals surface area contributed by atoms with E-state index in [1.165, 1.54) is 18.2 Å². The maximum Gasteiger partial charge on any atom is 0.242 e. The van der Waals surface area contributed by atoms with Crippen LogP contribution in [0.25, 0.3) is 0 Å². The number of nitrogens with zero attached hydrogens (tertiary/aromatic N) is 1. The van der Waals surface area contributed by atoms with Crippen LogP contribution in [0.4, 0.5) is 0 Å². The van der Waals surface area contributed by atoms with E-state index < -0.39 is 6.04 Å². The summed E-state index contributed by atoms with van der Waals surface area (Å²) in [5.74, 6) is 0.831. The van der Waals surface area contributed by atoms with E-state index in [0.717, 1.165) is 41.3 Å². The van der Waals surface area contributed by atoms with E-state index in [0.29, 0.717) is 23.1 Å². The number of benzene rings is 2. The van der Waals surface area contributed by atoms with Crippen LogP contribution in [0.3, 0.4) is 0 Å². The first kappa shape index (κ1) is 25.1. The first-order chi connectivity index (χ1) is 15.4. The van der Waals surface area contributed by atoms with Gasteiger partial charge in [-0.3, -0.25) is 9.59 Å². The van der Waals surface area contributed by atoms with Gasteiger partial charge in [-0.25, -0.2) is 0 Å². The monoisotopic (exact) mass is 536 g/mol. The molecule has 172 valence electrons. The molecule has 2 amide bonds. The fourth-order valence-corrected chi connectivity index (χ4v) is 5.34. The number of nitrogens with one attached hydrogen (secondary N) is 1. The molecule has 2 aromatic carbocycles. The van der Waals surface area contributed by atoms with Crippen LogP contribution in [0.1, 0.15) is 50.2 Å². The zero-order valence-corrected chi connectivity index (χ0v) is 21.5. The van der Waals surface area contributed by atoms with E-state index in [2.05, 4.69) is 21.2 Å². The molecular formula is C25H30BrClN2O2S. The fourth-order valence-electron chi connectivity index (χ4n) is 3.88. The highest BCUT2D eigenvalue weighted by atomic mass is 79.9. The van der Waals surface area contributed by atoms with Crippen LogP contribution in [0.15, 0.2) is 53.0 Å². The SMILES string of the molecule is CC(C(=O)NC1CCCCC1)N(Cc1ccc(Br)cc1)C(=O)CSCc1ccccc1Cl. The molecule has 1 N–H and O–H groups in total. The smallest absolute Gasteiger partial charge is 0.242 e. The number of amides is 2. The minimum absolute atomic E-state index is 0.0451. The molecule has 1 saturated carbocycles. The van der Waals surface area contributed by atoms with Gasteiger partial charge in [0.1, 0.15) is 6.04 Å². The van der Waals surface area contributed by atoms with Crippen LogP contribution in [-0.4, -0.2) is 34.6 Å². The Kier molecular flexibility index (Phi) is 9.94. The van der Waals surface area contributed by atoms with Crippen LogP contribution in [0.2, 0.25) is 5.02 Å². The summed E-state index contributed by atoms with van der Waals surface area (Å²) in [5.41, 5.74) is 2.00. The van der Waals surface area contributed by atoms with Gasteiger partial charge in [-0.15, -0.1) is 11.8 Å². The zero-order chi connectivity index (χ0) is 22.9. The molecule has 0 heterocycles. The first-order valence-corrected chi connectivity index (χ1v) is 13.4. The van der Waals surface area contributed by atoms with Crippen molar-refractivity contribution in [3.05, 3.63) is 69.2 Å². The molecule has 1 aliphatic rings. The molecule has 0 spiro atoms. The number of halogens is 2. The van der Waals surface area contributed by atoms with Crippen LogP contribution in [0, 0.1) is 0 Å². The lowest BCUT2D eigenvalue weighted by Gasteiger charge is -2.31. The van der Waals surface area contributed by atoms with E-state index in [1.807, 2.05) is 55.5 Å². The van der Waals surface area contributed by atoms with Gasteiger partial charge in [0.05, 0.1) is 5.75 Å². The molecule has 0 aromatic heterocycles. The molecule has 0 saturated heterocycles. The maximum absolute atomic E-state index is 13.2. The summed E-state index contributed by atoms with van der Waals surface area (Å²) < 4.78 is 0.984. The first-order valence-electron chi connectivity index (χ1n) is 11.1. The van der Waals surface area contributed by atoms with Gasteiger partial charge in [0.2, 0.25) is 11.8 Å². The van der Waals surface area contributed by atoms with Crippen molar-refractivity contribution < 1.29 is 9.59 Å². The largest absolute Gasteiger partial charge is 0.352 e. The van der Waals surface area contributed by atoms with Crippen LogP contribution in [-0.2, 0) is 21.9 Å². The predicted octanol–water partition coefficient (Wildman–Crippen LogP) is 6.20. The second-order valence-corrected chi connectivity index (χ2v) is 10.6. The Balaban J connectivity index is 1.65. The van der Waals surface area contributed by atoms with Crippen molar-refractivity contribution in [2.75, 3.05) is 5.75 Å². The Morgan fingerprint density at radius 3 is 2.50 bits per heavy atom. The van der Waals surface area contributed by atoms with Crippen molar-refractivity contribution in [3.8, 4) is 0 Å². The number of carbonyl (C=O) groups is 2. The third-order valence-corrected chi connectivity index (χ3v) is 7.69. The van der Waals surface area contributed by atoms with Crippen molar-refractivity contribution in [1.82, 2.24) is 10.2 Å². The van der Waals surface area contributed by atoms with Gasteiger partial charge in [0.15, 0.2) is 0 Å². The Morgan fingerprint density at radius 2 is 1.81 bits per heavy atom. The standard InChI is InChI=1S/C25H30BrClN2O2S/c1-18(25(31)28-22-8-3-2-4-9-22)29(15-19-11-13-21(26)14-12-19)24(30)17-32-16-20-7-5-6-10-23(20)27/h5-7,10-14,18,22H,2-4,8-9,15-17H2,1H3,(H,28,31). The summed E-state index contributed by atoms with van der Waals surface area (Å²) in [6.07, 6.45) is 5.58. The second-order valence-electron chi connectivity index (χ2n) is 8.25. The molecule has 0 bridgehead atoms. The fraction of sp³-hybridized carbons (Fsp3) is 0.440. The van der Waals surface area contributed by atoms with Crippen molar-refractivity contribution in [2.24, 2.45) is 0 Å². The highest BCUT2D eigenvalue weighted by molar-refractivity contribution is 9.10. The summed E-state index contributed by atoms with van der Waals surface area (Å²) in [4.78, 5) is 27.9. The Hall–Kier alpha value is -1.50. The van der Waals surface area contributed by atoms with E-state index in [9.17, 15) is 9.59 Å². The normalized spacial score (nSPS) is 15.2. The van der Waals surface area contributed by atoms with Gasteiger partial charge in [-0.2, -0.15) is 0 Å². The number of hydrogen-bond donors (Lipinski definition) is 1. The van der Waals surface area contributed by atoms with Crippen LogP contribution in [0.5, 0.6) is 0 Å². The number of hydrogen-bond acceptors (Lipinski definition) is 3. The van der Waals surface area contributed by atoms with Crippen molar-refractivity contribution >= 4 is 51.1 Å². The molecule has 0 radical (unpaired) electrons. The van der Waals surface area contributed by atoms with E-state index in [4.69, 9.17) is 11.6 Å². The highest BCUT2D eigenvalue weighted by Gasteiger charge is 2.28. The third-order valence-electron chi connectivity index (χ3n) is 5.83. The molecule has 2 aromatic rings. The van der Waals surface area contributed by atoms with Gasteiger partial charge in [0, 0.05) is 27.8 Å². The second kappa shape index (κ2) is 12.7. The molecule has 7 heteroatoms. The number of carbonyl (C=O) groups excluding carboxylic acids is 2. The highest BCUT2D eigenvalue weighted by Crippen LogP contribution is 2.22. The Bertz CT molecular complexity index is 903. The minimum atomic E-state index is -0.533. The van der Waals surface area contributed by atoms with Gasteiger partial charge < -0.3 is 10.2 Å². The van der Waals surface area contributed by atoms with Gasteiger partial charge in [0.25, 0.3) is 0 Å². The van der Waals surface area contributed by atoms with Gasteiger partial charge >= 0.3 is 0 Å². The lowest BCUT2D eigenvalue weighted by Crippen LogP contribution is -2.50. The molecule has 3 rings (SSSR count). The Morgan fingerprint density at radius 1 is 1.12 bits per heavy atom. The molecular weight excluding hydrogens is 508 g/mol. The van der Waals surface area contributed by atoms with Crippen LogP contribution < -0.4 is 5.32 Å². The number of rotatable bonds is 9. The lowest BCUT2D eigenvalue weighted by atomic mass is 9.95. The van der Waals surface area contributed by atoms with E-state index in [-0.39, 0.29) is 17.9 Å². The maximum atomic E-state index is 13.2. The summed E-state index contributed by atoms with van der Waals surface area (Å²) >= 11 is 11.2. The molecule has 32 heavy (non-hydrogen) atoms. The van der Waals surface area contributed by atoms with Crippen molar-refractivity contribution in [1.29, 1.82) is 0 Å². The molecule has 0 aliphatic heterocycles. The quantitative estimate of drug-likeness (QED) is 0.414. The third kappa shape index (κ3) is 7.53. The van der Waals surface area contributed by atoms with Crippen molar-refractivity contribution in [3.63, 3.8) is 0 Å². The summed E-state index contributed by atoms with van der Waals surface area (Å²) in [5, 5.41) is 3.88. The zero-order valence-electron chi connectivity index (χ0n) is 18.4. The average molecular weight is 538 g/mol. The van der Waals surface area contributed by atoms with Gasteiger partial charge in [-0.05, 0) is 49.1 Å². The molecule has 1 atom stereocenters. The average Bonchev–Trinajstić information content (AvgIpc) is 2.80. The number of thioether (sulfide) groups is 1. The van der Waals surface area contributed by atoms with Crippen molar-refractivity contribution in [2.45, 2.75) is 63.4 Å². The summed E-state index contributed by atoms with van der Waals surface area (Å²) in [7, 11) is 0. The molecule has 1 fully saturated rings. The van der Waals surface area contributed by atoms with Crippen LogP contribution >= 0.6 is 39.3 Å².